The molecular weight excluding hydrogens is 574 g/mol. The summed E-state index contributed by atoms with van der Waals surface area (Å²) in [6.07, 6.45) is 15.9. The highest BCUT2D eigenvalue weighted by Crippen LogP contribution is 2.52. The Hall–Kier alpha value is 1.43. The predicted octanol–water partition coefficient (Wildman–Crippen LogP) is 8.87. The number of hydrogen-bond acceptors (Lipinski definition) is 4. The quantitative estimate of drug-likeness (QED) is 0.200. The number of halogens is 4. The van der Waals surface area contributed by atoms with Gasteiger partial charge in [0.25, 0.3) is 0 Å². The molecule has 0 amide bonds. The predicted molar refractivity (Wildman–Crippen MR) is 158 cm³/mol. The summed E-state index contributed by atoms with van der Waals surface area (Å²) in [4.78, 5) is 0. The fourth-order valence-electron chi connectivity index (χ4n) is 7.72. The van der Waals surface area contributed by atoms with Crippen molar-refractivity contribution in [1.82, 2.24) is 0 Å². The van der Waals surface area contributed by atoms with Gasteiger partial charge in [0.2, 0.25) is 0 Å². The fraction of sp³-hybridized carbons (Fsp3) is 1.00. The van der Waals surface area contributed by atoms with Crippen molar-refractivity contribution in [3.63, 3.8) is 0 Å². The van der Waals surface area contributed by atoms with Crippen molar-refractivity contribution in [2.45, 2.75) is 134 Å². The zero-order valence-corrected chi connectivity index (χ0v) is 27.7. The average molecular weight is 623 g/mol. The lowest BCUT2D eigenvalue weighted by Crippen LogP contribution is -2.52. The standard InChI is InChI=1S/2C13H24Cl2O2Si/c1-16-18(17-2,13-8-5-11(15)9-13)12-6-3-10(14)4-7-12;1-16-18(17-2,13-8-4-7-12(13)15)11-6-3-5-10(14)9-11/h2*10-13H,3-9H2,1-2H3. The molecule has 4 nitrogen and oxygen atoms in total. The lowest BCUT2D eigenvalue weighted by Gasteiger charge is -2.43. The molecule has 6 unspecified atom stereocenters. The summed E-state index contributed by atoms with van der Waals surface area (Å²) >= 11 is 25.4. The monoisotopic (exact) mass is 620 g/mol. The number of hydrogen-bond donors (Lipinski definition) is 0. The molecular formula is C26H48Cl4O4Si2. The van der Waals surface area contributed by atoms with Crippen LogP contribution >= 0.6 is 46.4 Å². The fourth-order valence-corrected chi connectivity index (χ4v) is 18.8. The van der Waals surface area contributed by atoms with Crippen LogP contribution in [0.1, 0.15) is 89.9 Å². The topological polar surface area (TPSA) is 36.9 Å². The largest absolute Gasteiger partial charge is 0.397 e. The molecule has 10 heteroatoms. The van der Waals surface area contributed by atoms with Gasteiger partial charge in [-0.15, -0.1) is 46.4 Å². The minimum absolute atomic E-state index is 0.229. The van der Waals surface area contributed by atoms with E-state index in [-0.39, 0.29) is 10.8 Å². The Morgan fingerprint density at radius 2 is 0.944 bits per heavy atom. The van der Waals surface area contributed by atoms with Crippen molar-refractivity contribution < 1.29 is 17.7 Å². The molecule has 4 saturated carbocycles. The van der Waals surface area contributed by atoms with Crippen molar-refractivity contribution in [3.8, 4) is 0 Å². The van der Waals surface area contributed by atoms with E-state index in [0.717, 1.165) is 64.2 Å². The summed E-state index contributed by atoms with van der Waals surface area (Å²) in [6, 6.07) is 0. The average Bonchev–Trinajstić information content (AvgIpc) is 3.52. The van der Waals surface area contributed by atoms with E-state index in [1.165, 1.54) is 25.7 Å². The van der Waals surface area contributed by atoms with Gasteiger partial charge in [0.05, 0.1) is 0 Å². The van der Waals surface area contributed by atoms with Gasteiger partial charge in [-0.25, -0.2) is 0 Å². The van der Waals surface area contributed by atoms with E-state index in [0.29, 0.717) is 32.9 Å². The molecule has 0 aromatic rings. The van der Waals surface area contributed by atoms with Gasteiger partial charge >= 0.3 is 17.1 Å². The van der Waals surface area contributed by atoms with Crippen LogP contribution in [-0.2, 0) is 17.7 Å². The Labute approximate surface area is 242 Å². The van der Waals surface area contributed by atoms with Crippen LogP contribution in [0.3, 0.4) is 0 Å². The third kappa shape index (κ3) is 7.19. The van der Waals surface area contributed by atoms with E-state index >= 15 is 0 Å². The molecule has 0 N–H and O–H groups in total. The highest BCUT2D eigenvalue weighted by Gasteiger charge is 2.56. The molecule has 6 atom stereocenters. The Morgan fingerprint density at radius 1 is 0.472 bits per heavy atom. The zero-order chi connectivity index (χ0) is 26.3. The Bertz CT molecular complexity index is 647. The molecule has 36 heavy (non-hydrogen) atoms. The molecule has 0 bridgehead atoms. The van der Waals surface area contributed by atoms with E-state index in [4.69, 9.17) is 64.1 Å². The van der Waals surface area contributed by atoms with Crippen molar-refractivity contribution >= 4 is 63.5 Å². The van der Waals surface area contributed by atoms with E-state index in [2.05, 4.69) is 0 Å². The summed E-state index contributed by atoms with van der Waals surface area (Å²) in [5.74, 6) is 0. The molecule has 0 heterocycles. The van der Waals surface area contributed by atoms with Crippen LogP contribution in [0.4, 0.5) is 0 Å². The second kappa shape index (κ2) is 14.9. The molecule has 0 radical (unpaired) electrons. The molecule has 0 spiro atoms. The van der Waals surface area contributed by atoms with E-state index < -0.39 is 17.1 Å². The second-order valence-corrected chi connectivity index (χ2v) is 21.5. The van der Waals surface area contributed by atoms with Crippen molar-refractivity contribution in [2.75, 3.05) is 28.4 Å². The first-order chi connectivity index (χ1) is 17.3. The SMILES string of the molecule is CO[Si](OC)(C1CCC(Cl)CC1)C1CCC(Cl)C1.CO[Si](OC)(C1CCCC(Cl)C1)C1CCCC1Cl. The second-order valence-electron chi connectivity index (χ2n) is 11.3. The molecule has 0 aromatic carbocycles. The van der Waals surface area contributed by atoms with E-state index in [1.54, 1.807) is 0 Å². The number of alkyl halides is 4. The van der Waals surface area contributed by atoms with Crippen LogP contribution in [0.5, 0.6) is 0 Å². The lowest BCUT2D eigenvalue weighted by molar-refractivity contribution is 0.203. The summed E-state index contributed by atoms with van der Waals surface area (Å²) in [6.45, 7) is 0. The van der Waals surface area contributed by atoms with E-state index in [9.17, 15) is 0 Å². The first-order valence-electron chi connectivity index (χ1n) is 14.0. The van der Waals surface area contributed by atoms with E-state index in [1.807, 2.05) is 28.4 Å². The summed E-state index contributed by atoms with van der Waals surface area (Å²) < 4.78 is 24.0. The van der Waals surface area contributed by atoms with Crippen LogP contribution < -0.4 is 0 Å². The van der Waals surface area contributed by atoms with Crippen LogP contribution in [0.2, 0.25) is 22.2 Å². The lowest BCUT2D eigenvalue weighted by atomic mass is 10.00. The van der Waals surface area contributed by atoms with Crippen molar-refractivity contribution in [1.29, 1.82) is 0 Å². The minimum atomic E-state index is -2.23. The van der Waals surface area contributed by atoms with Crippen LogP contribution in [0, 0.1) is 0 Å². The van der Waals surface area contributed by atoms with Gasteiger partial charge in [0.1, 0.15) is 0 Å². The maximum atomic E-state index is 6.52. The first-order valence-corrected chi connectivity index (χ1v) is 19.7. The molecule has 4 aliphatic carbocycles. The van der Waals surface area contributed by atoms with Crippen LogP contribution in [-0.4, -0.2) is 67.1 Å². The summed E-state index contributed by atoms with van der Waals surface area (Å²) in [7, 11) is 2.95. The molecule has 0 aliphatic heterocycles. The molecule has 4 fully saturated rings. The van der Waals surface area contributed by atoms with Gasteiger partial charge in [0.15, 0.2) is 0 Å². The molecule has 0 aromatic heterocycles. The van der Waals surface area contributed by atoms with Crippen LogP contribution in [0.15, 0.2) is 0 Å². The Kier molecular flexibility index (Phi) is 13.2. The summed E-state index contributed by atoms with van der Waals surface area (Å²) in [5, 5.41) is 1.19. The maximum Gasteiger partial charge on any atom is 0.345 e. The molecule has 4 aliphatic rings. The highest BCUT2D eigenvalue weighted by atomic mass is 35.5. The summed E-state index contributed by atoms with van der Waals surface area (Å²) in [5.41, 5.74) is 2.09. The smallest absolute Gasteiger partial charge is 0.345 e. The van der Waals surface area contributed by atoms with Gasteiger partial charge in [0, 0.05) is 72.1 Å². The van der Waals surface area contributed by atoms with Gasteiger partial charge < -0.3 is 17.7 Å². The first kappa shape index (κ1) is 32.0. The van der Waals surface area contributed by atoms with Gasteiger partial charge in [-0.05, 0) is 77.0 Å². The minimum Gasteiger partial charge on any atom is -0.397 e. The van der Waals surface area contributed by atoms with Gasteiger partial charge in [-0.2, -0.15) is 0 Å². The van der Waals surface area contributed by atoms with Gasteiger partial charge in [-0.1, -0.05) is 12.8 Å². The van der Waals surface area contributed by atoms with Crippen LogP contribution in [0.25, 0.3) is 0 Å². The van der Waals surface area contributed by atoms with Crippen molar-refractivity contribution in [3.05, 3.63) is 0 Å². The zero-order valence-electron chi connectivity index (χ0n) is 22.7. The normalized spacial score (nSPS) is 38.0. The third-order valence-electron chi connectivity index (χ3n) is 9.57. The van der Waals surface area contributed by atoms with Gasteiger partial charge in [-0.3, -0.25) is 0 Å². The third-order valence-corrected chi connectivity index (χ3v) is 20.8. The molecule has 4 rings (SSSR count). The highest BCUT2D eigenvalue weighted by molar-refractivity contribution is 6.72. The van der Waals surface area contributed by atoms with Crippen molar-refractivity contribution in [2.24, 2.45) is 0 Å². The Morgan fingerprint density at radius 3 is 1.42 bits per heavy atom. The maximum absolute atomic E-state index is 6.52. The molecule has 212 valence electrons. The molecule has 0 saturated heterocycles. The number of rotatable bonds is 8. The Balaban J connectivity index is 0.000000201.